The number of aldehydes is 1. The molecule has 5 heteroatoms. The van der Waals surface area contributed by atoms with E-state index >= 15 is 0 Å². The van der Waals surface area contributed by atoms with E-state index in [0.717, 1.165) is 28.5 Å². The van der Waals surface area contributed by atoms with Crippen LogP contribution in [0.2, 0.25) is 0 Å². The van der Waals surface area contributed by atoms with Crippen molar-refractivity contribution >= 4 is 12.4 Å². The van der Waals surface area contributed by atoms with Crippen molar-refractivity contribution in [3.8, 4) is 22.6 Å². The first-order valence-corrected chi connectivity index (χ1v) is 8.77. The highest BCUT2D eigenvalue weighted by molar-refractivity contribution is 5.87. The van der Waals surface area contributed by atoms with Crippen molar-refractivity contribution < 1.29 is 23.4 Å². The molecule has 144 valence electrons. The van der Waals surface area contributed by atoms with Crippen LogP contribution in [0.3, 0.4) is 0 Å². The van der Waals surface area contributed by atoms with E-state index < -0.39 is 0 Å². The van der Waals surface area contributed by atoms with Gasteiger partial charge in [-0.15, -0.1) is 0 Å². The van der Waals surface area contributed by atoms with Gasteiger partial charge in [0.05, 0.1) is 13.7 Å². The minimum absolute atomic E-state index is 0.172. The first-order chi connectivity index (χ1) is 13.0. The molecule has 27 heavy (non-hydrogen) atoms. The fourth-order valence-corrected chi connectivity index (χ4v) is 2.92. The molecule has 0 heterocycles. The molecule has 0 saturated carbocycles. The van der Waals surface area contributed by atoms with E-state index in [1.165, 1.54) is 18.2 Å². The van der Waals surface area contributed by atoms with E-state index in [0.29, 0.717) is 24.7 Å². The van der Waals surface area contributed by atoms with Gasteiger partial charge in [-0.1, -0.05) is 32.1 Å². The number of halogens is 1. The Morgan fingerprint density at radius 3 is 2.37 bits per heavy atom. The molecule has 0 aliphatic carbocycles. The van der Waals surface area contributed by atoms with Crippen LogP contribution >= 0.6 is 0 Å². The summed E-state index contributed by atoms with van der Waals surface area (Å²) in [7, 11) is 3.17. The molecule has 2 aromatic carbocycles. The molecule has 0 N–H and O–H groups in total. The van der Waals surface area contributed by atoms with E-state index in [9.17, 15) is 9.18 Å². The zero-order valence-electron chi connectivity index (χ0n) is 16.1. The number of benzene rings is 2. The molecule has 4 nitrogen and oxygen atoms in total. The first kappa shape index (κ1) is 20.6. The average molecular weight is 372 g/mol. The standard InChI is InChI=1S/C22H25FO4/c1-15(2)19-14-20(27-13-12-25-3)22(26-4)21(18(19)6-5-11-24)16-7-9-17(23)10-8-16/h5-11,14-15H,12-13H2,1-4H3. The summed E-state index contributed by atoms with van der Waals surface area (Å²) < 4.78 is 30.1. The minimum atomic E-state index is -0.320. The van der Waals surface area contributed by atoms with Crippen LogP contribution in [0.4, 0.5) is 4.39 Å². The Hall–Kier alpha value is -2.66. The van der Waals surface area contributed by atoms with Crippen LogP contribution in [0.5, 0.6) is 11.5 Å². The Morgan fingerprint density at radius 1 is 1.11 bits per heavy atom. The van der Waals surface area contributed by atoms with Gasteiger partial charge in [0.1, 0.15) is 18.7 Å². The van der Waals surface area contributed by atoms with Crippen LogP contribution in [0, 0.1) is 5.82 Å². The predicted octanol–water partition coefficient (Wildman–Crippen LogP) is 4.86. The summed E-state index contributed by atoms with van der Waals surface area (Å²) in [6, 6.07) is 8.10. The van der Waals surface area contributed by atoms with Crippen molar-refractivity contribution in [2.24, 2.45) is 0 Å². The third-order valence-electron chi connectivity index (χ3n) is 4.16. The summed E-state index contributed by atoms with van der Waals surface area (Å²) in [4.78, 5) is 10.9. The van der Waals surface area contributed by atoms with Crippen LogP contribution in [0.15, 0.2) is 36.4 Å². The normalized spacial score (nSPS) is 11.2. The molecular weight excluding hydrogens is 347 g/mol. The second kappa shape index (κ2) is 9.88. The van der Waals surface area contributed by atoms with Gasteiger partial charge < -0.3 is 14.2 Å². The van der Waals surface area contributed by atoms with E-state index in [2.05, 4.69) is 13.8 Å². The van der Waals surface area contributed by atoms with Gasteiger partial charge in [0, 0.05) is 12.7 Å². The van der Waals surface area contributed by atoms with Gasteiger partial charge in [0.2, 0.25) is 0 Å². The molecule has 2 rings (SSSR count). The van der Waals surface area contributed by atoms with E-state index in [1.54, 1.807) is 32.4 Å². The maximum atomic E-state index is 13.5. The molecule has 0 saturated heterocycles. The summed E-state index contributed by atoms with van der Waals surface area (Å²) in [5.41, 5.74) is 3.38. The quantitative estimate of drug-likeness (QED) is 0.358. The Morgan fingerprint density at radius 2 is 1.81 bits per heavy atom. The highest BCUT2D eigenvalue weighted by atomic mass is 19.1. The predicted molar refractivity (Wildman–Crippen MR) is 105 cm³/mol. The Kier molecular flexibility index (Phi) is 7.55. The van der Waals surface area contributed by atoms with Gasteiger partial charge in [-0.3, -0.25) is 4.79 Å². The van der Waals surface area contributed by atoms with E-state index in [1.807, 2.05) is 6.07 Å². The molecular formula is C22H25FO4. The van der Waals surface area contributed by atoms with Gasteiger partial charge >= 0.3 is 0 Å². The fourth-order valence-electron chi connectivity index (χ4n) is 2.92. The molecule has 0 atom stereocenters. The number of methoxy groups -OCH3 is 2. The number of carbonyl (C=O) groups excluding carboxylic acids is 1. The zero-order chi connectivity index (χ0) is 19.8. The highest BCUT2D eigenvalue weighted by Gasteiger charge is 2.21. The minimum Gasteiger partial charge on any atom is -0.492 e. The Labute approximate surface area is 159 Å². The smallest absolute Gasteiger partial charge is 0.169 e. The maximum Gasteiger partial charge on any atom is 0.169 e. The topological polar surface area (TPSA) is 44.8 Å². The second-order valence-electron chi connectivity index (χ2n) is 6.28. The summed E-state index contributed by atoms with van der Waals surface area (Å²) in [5.74, 6) is 0.971. The van der Waals surface area contributed by atoms with Gasteiger partial charge in [-0.25, -0.2) is 4.39 Å². The molecule has 0 aromatic heterocycles. The van der Waals surface area contributed by atoms with Gasteiger partial charge in [0.15, 0.2) is 11.5 Å². The summed E-state index contributed by atoms with van der Waals surface area (Å²) in [6.07, 6.45) is 3.93. The zero-order valence-corrected chi connectivity index (χ0v) is 16.1. The van der Waals surface area contributed by atoms with Crippen molar-refractivity contribution in [2.75, 3.05) is 27.4 Å². The van der Waals surface area contributed by atoms with Crippen LogP contribution < -0.4 is 9.47 Å². The van der Waals surface area contributed by atoms with Crippen LogP contribution in [0.25, 0.3) is 17.2 Å². The van der Waals surface area contributed by atoms with Crippen molar-refractivity contribution in [2.45, 2.75) is 19.8 Å². The largest absolute Gasteiger partial charge is 0.492 e. The number of hydrogen-bond donors (Lipinski definition) is 0. The van der Waals surface area contributed by atoms with Crippen molar-refractivity contribution in [3.05, 3.63) is 53.4 Å². The van der Waals surface area contributed by atoms with Crippen LogP contribution in [-0.2, 0) is 9.53 Å². The highest BCUT2D eigenvalue weighted by Crippen LogP contribution is 2.45. The number of allylic oxidation sites excluding steroid dienone is 1. The number of hydrogen-bond acceptors (Lipinski definition) is 4. The first-order valence-electron chi connectivity index (χ1n) is 8.77. The third-order valence-corrected chi connectivity index (χ3v) is 4.16. The molecule has 0 radical (unpaired) electrons. The van der Waals surface area contributed by atoms with Crippen molar-refractivity contribution in [1.29, 1.82) is 0 Å². The SMILES string of the molecule is COCCOc1cc(C(C)C)c(C=CC=O)c(-c2ccc(F)cc2)c1OC. The Balaban J connectivity index is 2.77. The van der Waals surface area contributed by atoms with Gasteiger partial charge in [-0.05, 0) is 46.9 Å². The van der Waals surface area contributed by atoms with E-state index in [4.69, 9.17) is 14.2 Å². The van der Waals surface area contributed by atoms with Gasteiger partial charge in [-0.2, -0.15) is 0 Å². The van der Waals surface area contributed by atoms with Gasteiger partial charge in [0.25, 0.3) is 0 Å². The monoisotopic (exact) mass is 372 g/mol. The molecule has 0 aliphatic heterocycles. The lowest BCUT2D eigenvalue weighted by Crippen LogP contribution is -2.08. The van der Waals surface area contributed by atoms with Crippen LogP contribution in [-0.4, -0.2) is 33.7 Å². The average Bonchev–Trinajstić information content (AvgIpc) is 2.66. The summed E-state index contributed by atoms with van der Waals surface area (Å²) in [5, 5.41) is 0. The van der Waals surface area contributed by atoms with E-state index in [-0.39, 0.29) is 11.7 Å². The third kappa shape index (κ3) is 4.95. The van der Waals surface area contributed by atoms with Crippen molar-refractivity contribution in [1.82, 2.24) is 0 Å². The number of rotatable bonds is 9. The van der Waals surface area contributed by atoms with Crippen LogP contribution in [0.1, 0.15) is 30.9 Å². The second-order valence-corrected chi connectivity index (χ2v) is 6.28. The number of ether oxygens (including phenoxy) is 3. The van der Waals surface area contributed by atoms with Crippen molar-refractivity contribution in [3.63, 3.8) is 0 Å². The molecule has 0 amide bonds. The molecule has 0 bridgehead atoms. The molecule has 2 aromatic rings. The Bertz CT molecular complexity index is 795. The maximum absolute atomic E-state index is 13.5. The summed E-state index contributed by atoms with van der Waals surface area (Å²) in [6.45, 7) is 4.94. The fraction of sp³-hybridized carbons (Fsp3) is 0.318. The molecule has 0 fully saturated rings. The number of carbonyl (C=O) groups is 1. The molecule has 0 aliphatic rings. The molecule has 0 unspecified atom stereocenters. The molecule has 0 spiro atoms. The summed E-state index contributed by atoms with van der Waals surface area (Å²) >= 11 is 0. The lowest BCUT2D eigenvalue weighted by molar-refractivity contribution is -0.104. The lowest BCUT2D eigenvalue weighted by Gasteiger charge is -2.22. The lowest BCUT2D eigenvalue weighted by atomic mass is 9.88.